The second-order valence-corrected chi connectivity index (χ2v) is 11.8. The summed E-state index contributed by atoms with van der Waals surface area (Å²) in [7, 11) is -1.73. The quantitative estimate of drug-likeness (QED) is 0.434. The van der Waals surface area contributed by atoms with Crippen LogP contribution < -0.4 is 52.8 Å². The van der Waals surface area contributed by atoms with Gasteiger partial charge in [-0.05, 0) is 18.4 Å². The monoisotopic (exact) mass is 361 g/mol. The van der Waals surface area contributed by atoms with Crippen molar-refractivity contribution in [3.05, 3.63) is 66.2 Å². The maximum absolute atomic E-state index is 3.91. The van der Waals surface area contributed by atoms with Gasteiger partial charge in [0.15, 0.2) is 0 Å². The third kappa shape index (κ3) is 4.80. The Kier molecular flexibility index (Phi) is 8.02. The van der Waals surface area contributed by atoms with Crippen LogP contribution in [0.4, 0.5) is 5.69 Å². The zero-order valence-corrected chi connectivity index (χ0v) is 18.3. The molecule has 0 unspecified atom stereocenters. The molecule has 0 aliphatic carbocycles. The van der Waals surface area contributed by atoms with Crippen LogP contribution in [0.3, 0.4) is 0 Å². The molecule has 5 heteroatoms. The second kappa shape index (κ2) is 9.62. The van der Waals surface area contributed by atoms with Gasteiger partial charge in [-0.2, -0.15) is 0 Å². The number of rotatable bonds is 5. The maximum Gasteiger partial charge on any atom is 1.00 e. The molecule has 2 nitrogen and oxygen atoms in total. The molecule has 1 heterocycles. The van der Waals surface area contributed by atoms with E-state index in [1.165, 1.54) is 48.0 Å². The molecule has 1 saturated heterocycles. The van der Waals surface area contributed by atoms with Gasteiger partial charge in [0.1, 0.15) is 8.24 Å². The number of nitrogens with zero attached hydrogens (tertiary/aromatic N) is 1. The molecule has 3 aromatic carbocycles. The van der Waals surface area contributed by atoms with Crippen molar-refractivity contribution in [3.63, 3.8) is 0 Å². The van der Waals surface area contributed by atoms with Crippen molar-refractivity contribution in [2.45, 2.75) is 32.5 Å². The fourth-order valence-corrected chi connectivity index (χ4v) is 6.21. The normalized spacial score (nSPS) is 14.1. The van der Waals surface area contributed by atoms with Gasteiger partial charge in [-0.1, -0.05) is 55.2 Å². The van der Waals surface area contributed by atoms with Gasteiger partial charge in [-0.25, -0.2) is 0 Å². The van der Waals surface area contributed by atoms with Gasteiger partial charge >= 0.3 is 37.7 Å². The first kappa shape index (κ1) is 22.5. The fraction of sp³-hybridized carbons (Fsp3) is 0.318. The average molecular weight is 361 g/mol. The Morgan fingerprint density at radius 1 is 0.926 bits per heavy atom. The van der Waals surface area contributed by atoms with E-state index in [4.69, 9.17) is 0 Å². The summed E-state index contributed by atoms with van der Waals surface area (Å²) in [5.74, 6) is 0. The Morgan fingerprint density at radius 2 is 1.56 bits per heavy atom. The van der Waals surface area contributed by atoms with E-state index in [1.54, 1.807) is 5.19 Å². The SMILES string of the molecule is C[Si](C)(NCc1ccccc1)[c-]1cc(N2CCCC2)c2ccccc21.[Li+].[Li+]. The van der Waals surface area contributed by atoms with Crippen molar-refractivity contribution in [1.29, 1.82) is 0 Å². The van der Waals surface area contributed by atoms with E-state index in [0.29, 0.717) is 0 Å². The van der Waals surface area contributed by atoms with E-state index < -0.39 is 8.24 Å². The van der Waals surface area contributed by atoms with Gasteiger partial charge < -0.3 is 9.88 Å². The van der Waals surface area contributed by atoms with Crippen LogP contribution in [0.1, 0.15) is 18.4 Å². The topological polar surface area (TPSA) is 15.3 Å². The predicted molar refractivity (Wildman–Crippen MR) is 111 cm³/mol. The van der Waals surface area contributed by atoms with Crippen LogP contribution in [0.25, 0.3) is 10.8 Å². The summed E-state index contributed by atoms with van der Waals surface area (Å²) >= 11 is 0. The van der Waals surface area contributed by atoms with Crippen LogP contribution in [0.15, 0.2) is 60.7 Å². The number of nitrogens with one attached hydrogen (secondary N) is 1. The van der Waals surface area contributed by atoms with E-state index in [0.717, 1.165) is 6.54 Å². The molecule has 1 fully saturated rings. The van der Waals surface area contributed by atoms with Gasteiger partial charge in [-0.3, -0.25) is 0 Å². The zero-order valence-electron chi connectivity index (χ0n) is 17.3. The van der Waals surface area contributed by atoms with Crippen LogP contribution in [-0.4, -0.2) is 21.3 Å². The largest absolute Gasteiger partial charge is 1.00 e. The van der Waals surface area contributed by atoms with Crippen LogP contribution in [0.5, 0.6) is 0 Å². The van der Waals surface area contributed by atoms with E-state index in [2.05, 4.69) is 83.6 Å². The first-order chi connectivity index (χ1) is 12.1. The number of hydrogen-bond donors (Lipinski definition) is 1. The number of anilines is 1. The molecule has 0 spiro atoms. The van der Waals surface area contributed by atoms with Crippen molar-refractivity contribution < 1.29 is 37.7 Å². The Bertz CT molecular complexity index is 855. The summed E-state index contributed by atoms with van der Waals surface area (Å²) in [4.78, 5) is 6.48. The number of hydrogen-bond acceptors (Lipinski definition) is 2. The molecule has 1 N–H and O–H groups in total. The fourth-order valence-electron chi connectivity index (χ4n) is 3.98. The molecule has 4 rings (SSSR count). The molecule has 130 valence electrons. The Hall–Kier alpha value is -0.778. The minimum absolute atomic E-state index is 0. The van der Waals surface area contributed by atoms with Gasteiger partial charge in [0.25, 0.3) is 0 Å². The van der Waals surface area contributed by atoms with Crippen molar-refractivity contribution in [1.82, 2.24) is 4.98 Å². The van der Waals surface area contributed by atoms with Crippen molar-refractivity contribution in [2.75, 3.05) is 18.0 Å². The third-order valence-corrected chi connectivity index (χ3v) is 8.29. The molecule has 0 atom stereocenters. The molecule has 0 bridgehead atoms. The minimum Gasteiger partial charge on any atom is -0.417 e. The average Bonchev–Trinajstić information content (AvgIpc) is 3.28. The van der Waals surface area contributed by atoms with Crippen LogP contribution in [0.2, 0.25) is 13.1 Å². The van der Waals surface area contributed by atoms with Crippen molar-refractivity contribution in [3.8, 4) is 0 Å². The van der Waals surface area contributed by atoms with Gasteiger partial charge in [0, 0.05) is 19.6 Å². The molecule has 1 aliphatic heterocycles. The van der Waals surface area contributed by atoms with Crippen LogP contribution >= 0.6 is 0 Å². The number of fused-ring (bicyclic) bond motifs is 1. The molecular weight excluding hydrogens is 334 g/mol. The molecule has 1 aliphatic rings. The van der Waals surface area contributed by atoms with E-state index in [-0.39, 0.29) is 37.7 Å². The van der Waals surface area contributed by atoms with Crippen LogP contribution in [0, 0.1) is 0 Å². The smallest absolute Gasteiger partial charge is 0.417 e. The number of benzene rings is 2. The third-order valence-electron chi connectivity index (χ3n) is 5.47. The zero-order chi connectivity index (χ0) is 17.3. The van der Waals surface area contributed by atoms with Gasteiger partial charge in [0.2, 0.25) is 0 Å². The van der Waals surface area contributed by atoms with E-state index in [9.17, 15) is 0 Å². The summed E-state index contributed by atoms with van der Waals surface area (Å²) in [5.41, 5.74) is 2.81. The minimum atomic E-state index is -1.73. The molecule has 3 aromatic rings. The Balaban J connectivity index is 0.00000131. The van der Waals surface area contributed by atoms with E-state index in [1.807, 2.05) is 0 Å². The first-order valence-corrected chi connectivity index (χ1v) is 12.4. The van der Waals surface area contributed by atoms with Gasteiger partial charge in [-0.15, -0.1) is 40.2 Å². The molecular formula is C22H27Li2N2Si+. The maximum atomic E-state index is 3.91. The molecule has 27 heavy (non-hydrogen) atoms. The standard InChI is InChI=1S/C22H27N2Si.2Li/c1-25(2,23-17-18-10-4-3-5-11-18)22-16-21(24-14-8-9-15-24)19-12-6-7-13-20(19)22;;/h3-7,10-13,16,23H,8-9,14-15,17H2,1-2H3;;/q-1;2*+1. The molecule has 0 aromatic heterocycles. The summed E-state index contributed by atoms with van der Waals surface area (Å²) < 4.78 is 0. The van der Waals surface area contributed by atoms with Crippen molar-refractivity contribution in [2.24, 2.45) is 0 Å². The summed E-state index contributed by atoms with van der Waals surface area (Å²) in [6, 6.07) is 22.2. The molecule has 0 saturated carbocycles. The van der Waals surface area contributed by atoms with Crippen molar-refractivity contribution >= 4 is 29.9 Å². The molecule has 0 amide bonds. The first-order valence-electron chi connectivity index (χ1n) is 9.38. The van der Waals surface area contributed by atoms with Gasteiger partial charge in [0.05, 0.1) is 0 Å². The Morgan fingerprint density at radius 3 is 2.26 bits per heavy atom. The molecule has 0 radical (unpaired) electrons. The Labute approximate surface area is 188 Å². The second-order valence-electron chi connectivity index (χ2n) is 7.65. The van der Waals surface area contributed by atoms with E-state index >= 15 is 0 Å². The summed E-state index contributed by atoms with van der Waals surface area (Å²) in [6.45, 7) is 8.22. The predicted octanol–water partition coefficient (Wildman–Crippen LogP) is -1.63. The summed E-state index contributed by atoms with van der Waals surface area (Å²) in [6.07, 6.45) is 2.64. The van der Waals surface area contributed by atoms with Crippen LogP contribution in [-0.2, 0) is 6.54 Å². The summed E-state index contributed by atoms with van der Waals surface area (Å²) in [5, 5.41) is 4.42.